The molecule has 1 saturated carbocycles. The van der Waals surface area contributed by atoms with Crippen LogP contribution in [0.2, 0.25) is 5.02 Å². The second-order valence-corrected chi connectivity index (χ2v) is 6.38. The molecule has 1 amide bonds. The number of thioether (sulfide) groups is 1. The molecular weight excluding hydrogens is 369 g/mol. The molecule has 0 bridgehead atoms. The molecule has 1 N–H and O–H groups in total. The summed E-state index contributed by atoms with van der Waals surface area (Å²) in [5.41, 5.74) is -0.983. The summed E-state index contributed by atoms with van der Waals surface area (Å²) in [5, 5.41) is 13.8. The Hall–Kier alpha value is -1.88. The number of amides is 1. The Kier molecular flexibility index (Phi) is 4.63. The molecule has 3 rings (SSSR count). The second kappa shape index (κ2) is 6.55. The fraction of sp³-hybridized carbons (Fsp3) is 0.417. The summed E-state index contributed by atoms with van der Waals surface area (Å²) in [6.45, 7) is 0. The van der Waals surface area contributed by atoms with Crippen LogP contribution in [0.1, 0.15) is 24.4 Å². The largest absolute Gasteiger partial charge is 0.417 e. The van der Waals surface area contributed by atoms with Gasteiger partial charge in [-0.3, -0.25) is 4.79 Å². The van der Waals surface area contributed by atoms with Crippen molar-refractivity contribution in [3.63, 3.8) is 0 Å². The zero-order valence-corrected chi connectivity index (χ0v) is 13.5. The standard InChI is InChI=1S/C12H10ClF3N6OS/c13-8-3-6(12(14,15)16)4-17-10(8)18-9(23)5-24-11-19-20-21-22(11)7-1-2-7/h3-4,7H,1-2,5H2,(H,17,18,23). The summed E-state index contributed by atoms with van der Waals surface area (Å²) >= 11 is 6.86. The van der Waals surface area contributed by atoms with Crippen LogP contribution in [0.15, 0.2) is 17.4 Å². The Labute approximate surface area is 143 Å². The fourth-order valence-electron chi connectivity index (χ4n) is 1.81. The molecule has 7 nitrogen and oxygen atoms in total. The van der Waals surface area contributed by atoms with E-state index in [9.17, 15) is 18.0 Å². The van der Waals surface area contributed by atoms with Gasteiger partial charge in [0.1, 0.15) is 0 Å². The number of nitrogens with zero attached hydrogens (tertiary/aromatic N) is 5. The normalized spacial score (nSPS) is 14.7. The lowest BCUT2D eigenvalue weighted by molar-refractivity contribution is -0.137. The van der Waals surface area contributed by atoms with Gasteiger partial charge in [0, 0.05) is 6.20 Å². The highest BCUT2D eigenvalue weighted by Crippen LogP contribution is 2.36. The molecule has 1 aliphatic carbocycles. The van der Waals surface area contributed by atoms with Crippen molar-refractivity contribution in [3.05, 3.63) is 22.8 Å². The van der Waals surface area contributed by atoms with E-state index in [2.05, 4.69) is 25.8 Å². The van der Waals surface area contributed by atoms with Gasteiger partial charge >= 0.3 is 6.18 Å². The number of carbonyl (C=O) groups is 1. The molecular formula is C12H10ClF3N6OS. The number of aromatic nitrogens is 5. The monoisotopic (exact) mass is 378 g/mol. The third-order valence-corrected chi connectivity index (χ3v) is 4.34. The first-order valence-corrected chi connectivity index (χ1v) is 8.14. The lowest BCUT2D eigenvalue weighted by atomic mass is 10.3. The Morgan fingerprint density at radius 3 is 2.83 bits per heavy atom. The molecule has 128 valence electrons. The van der Waals surface area contributed by atoms with Gasteiger partial charge in [-0.25, -0.2) is 9.67 Å². The molecule has 0 unspecified atom stereocenters. The molecule has 1 aliphatic rings. The average molecular weight is 379 g/mol. The van der Waals surface area contributed by atoms with Crippen molar-refractivity contribution in [2.45, 2.75) is 30.2 Å². The van der Waals surface area contributed by atoms with Gasteiger partial charge in [-0.2, -0.15) is 13.2 Å². The van der Waals surface area contributed by atoms with E-state index in [-0.39, 0.29) is 22.6 Å². The van der Waals surface area contributed by atoms with Gasteiger partial charge < -0.3 is 5.32 Å². The zero-order valence-electron chi connectivity index (χ0n) is 11.9. The lowest BCUT2D eigenvalue weighted by Crippen LogP contribution is -2.16. The molecule has 0 saturated heterocycles. The number of carbonyl (C=O) groups excluding carboxylic acids is 1. The zero-order chi connectivity index (χ0) is 17.3. The Balaban J connectivity index is 1.59. The number of anilines is 1. The number of alkyl halides is 3. The summed E-state index contributed by atoms with van der Waals surface area (Å²) in [4.78, 5) is 15.5. The van der Waals surface area contributed by atoms with Crippen LogP contribution >= 0.6 is 23.4 Å². The maximum atomic E-state index is 12.5. The van der Waals surface area contributed by atoms with Crippen LogP contribution in [0.5, 0.6) is 0 Å². The highest BCUT2D eigenvalue weighted by molar-refractivity contribution is 7.99. The molecule has 0 aliphatic heterocycles. The van der Waals surface area contributed by atoms with Crippen molar-refractivity contribution in [1.29, 1.82) is 0 Å². The van der Waals surface area contributed by atoms with Gasteiger partial charge in [0.2, 0.25) is 11.1 Å². The Morgan fingerprint density at radius 2 is 2.21 bits per heavy atom. The van der Waals surface area contributed by atoms with E-state index in [4.69, 9.17) is 11.6 Å². The topological polar surface area (TPSA) is 85.6 Å². The van der Waals surface area contributed by atoms with E-state index in [0.29, 0.717) is 17.4 Å². The summed E-state index contributed by atoms with van der Waals surface area (Å²) in [7, 11) is 0. The summed E-state index contributed by atoms with van der Waals surface area (Å²) in [6, 6.07) is 0.988. The van der Waals surface area contributed by atoms with Crippen molar-refractivity contribution in [2.75, 3.05) is 11.1 Å². The third kappa shape index (κ3) is 3.96. The Bertz CT molecular complexity index is 763. The van der Waals surface area contributed by atoms with Gasteiger partial charge in [0.15, 0.2) is 5.82 Å². The fourth-order valence-corrected chi connectivity index (χ4v) is 2.77. The predicted octanol–water partition coefficient (Wildman–Crippen LogP) is 2.81. The number of nitrogens with one attached hydrogen (secondary N) is 1. The maximum Gasteiger partial charge on any atom is 0.417 e. The molecule has 1 fully saturated rings. The predicted molar refractivity (Wildman–Crippen MR) is 79.7 cm³/mol. The number of hydrogen-bond acceptors (Lipinski definition) is 6. The van der Waals surface area contributed by atoms with Crippen molar-refractivity contribution in [1.82, 2.24) is 25.2 Å². The molecule has 12 heteroatoms. The van der Waals surface area contributed by atoms with Crippen molar-refractivity contribution < 1.29 is 18.0 Å². The van der Waals surface area contributed by atoms with Gasteiger partial charge in [-0.15, -0.1) is 5.10 Å². The molecule has 0 radical (unpaired) electrons. The van der Waals surface area contributed by atoms with E-state index < -0.39 is 17.6 Å². The smallest absolute Gasteiger partial charge is 0.309 e. The van der Waals surface area contributed by atoms with Crippen LogP contribution < -0.4 is 5.32 Å². The van der Waals surface area contributed by atoms with Gasteiger partial charge in [-0.05, 0) is 29.3 Å². The van der Waals surface area contributed by atoms with Crippen LogP contribution in [0, 0.1) is 0 Å². The van der Waals surface area contributed by atoms with E-state index in [0.717, 1.165) is 24.6 Å². The first kappa shape index (κ1) is 17.0. The number of pyridine rings is 1. The van der Waals surface area contributed by atoms with Crippen LogP contribution in [0.4, 0.5) is 19.0 Å². The molecule has 2 heterocycles. The molecule has 0 spiro atoms. The number of hydrogen-bond donors (Lipinski definition) is 1. The van der Waals surface area contributed by atoms with Crippen LogP contribution in [-0.4, -0.2) is 36.9 Å². The Morgan fingerprint density at radius 1 is 1.46 bits per heavy atom. The minimum atomic E-state index is -4.55. The minimum absolute atomic E-state index is 0.0217. The van der Waals surface area contributed by atoms with Crippen LogP contribution in [0.3, 0.4) is 0 Å². The number of rotatable bonds is 5. The highest BCUT2D eigenvalue weighted by Gasteiger charge is 2.32. The van der Waals surface area contributed by atoms with Gasteiger partial charge in [0.25, 0.3) is 0 Å². The first-order chi connectivity index (χ1) is 11.3. The van der Waals surface area contributed by atoms with Crippen molar-refractivity contribution in [2.24, 2.45) is 0 Å². The van der Waals surface area contributed by atoms with Crippen LogP contribution in [-0.2, 0) is 11.0 Å². The summed E-state index contributed by atoms with van der Waals surface area (Å²) in [6.07, 6.45) is -1.94. The van der Waals surface area contributed by atoms with E-state index in [1.165, 1.54) is 0 Å². The van der Waals surface area contributed by atoms with Crippen molar-refractivity contribution in [3.8, 4) is 0 Å². The maximum absolute atomic E-state index is 12.5. The number of halogens is 4. The number of tetrazole rings is 1. The minimum Gasteiger partial charge on any atom is -0.309 e. The quantitative estimate of drug-likeness (QED) is 0.805. The molecule has 0 atom stereocenters. The van der Waals surface area contributed by atoms with Crippen LogP contribution in [0.25, 0.3) is 0 Å². The second-order valence-electron chi connectivity index (χ2n) is 5.03. The van der Waals surface area contributed by atoms with Gasteiger partial charge in [0.05, 0.1) is 22.4 Å². The lowest BCUT2D eigenvalue weighted by Gasteiger charge is -2.10. The average Bonchev–Trinajstić information content (AvgIpc) is 3.24. The highest BCUT2D eigenvalue weighted by atomic mass is 35.5. The van der Waals surface area contributed by atoms with E-state index in [1.807, 2.05) is 0 Å². The molecule has 24 heavy (non-hydrogen) atoms. The molecule has 0 aromatic carbocycles. The third-order valence-electron chi connectivity index (χ3n) is 3.11. The summed E-state index contributed by atoms with van der Waals surface area (Å²) < 4.78 is 39.3. The summed E-state index contributed by atoms with van der Waals surface area (Å²) in [5.74, 6) is -0.622. The van der Waals surface area contributed by atoms with Crippen molar-refractivity contribution >= 4 is 35.1 Å². The van der Waals surface area contributed by atoms with Gasteiger partial charge in [-0.1, -0.05) is 23.4 Å². The first-order valence-electron chi connectivity index (χ1n) is 6.78. The molecule has 2 aromatic rings. The molecule has 2 aromatic heterocycles. The SMILES string of the molecule is O=C(CSc1nnnn1C1CC1)Nc1ncc(C(F)(F)F)cc1Cl. The van der Waals surface area contributed by atoms with E-state index >= 15 is 0 Å². The van der Waals surface area contributed by atoms with E-state index in [1.54, 1.807) is 4.68 Å².